The van der Waals surface area contributed by atoms with Gasteiger partial charge in [-0.1, -0.05) is 79.9 Å². The summed E-state index contributed by atoms with van der Waals surface area (Å²) in [5.41, 5.74) is 1.84. The van der Waals surface area contributed by atoms with E-state index in [2.05, 4.69) is 54.5 Å². The van der Waals surface area contributed by atoms with Crippen LogP contribution in [0, 0.1) is 3.57 Å². The fourth-order valence-corrected chi connectivity index (χ4v) is 4.40. The zero-order valence-corrected chi connectivity index (χ0v) is 20.5. The maximum Gasteiger partial charge on any atom is 0.177 e. The third kappa shape index (κ3) is 5.12. The van der Waals surface area contributed by atoms with Crippen molar-refractivity contribution in [3.63, 3.8) is 0 Å². The number of benzene rings is 3. The van der Waals surface area contributed by atoms with Crippen LogP contribution in [0.15, 0.2) is 77.3 Å². The minimum atomic E-state index is -0.707. The molecule has 0 aliphatic heterocycles. The molecule has 0 aromatic heterocycles. The topological polar surface area (TPSA) is 34.1 Å². The number of Topliss-reactive ketones (excluding diaryl/α,β-unsaturated/α-hetero) is 2. The average molecular weight is 633 g/mol. The first kappa shape index (κ1) is 21.7. The molecular weight excluding hydrogens is 618 g/mol. The van der Waals surface area contributed by atoms with Gasteiger partial charge in [0.2, 0.25) is 0 Å². The van der Waals surface area contributed by atoms with E-state index in [9.17, 15) is 9.59 Å². The van der Waals surface area contributed by atoms with Crippen LogP contribution in [0.25, 0.3) is 0 Å². The molecule has 0 amide bonds. The third-order valence-corrected chi connectivity index (χ3v) is 6.76. The maximum absolute atomic E-state index is 13.3. The molecule has 0 aliphatic rings. The lowest BCUT2D eigenvalue weighted by Gasteiger charge is -2.22. The molecule has 0 fully saturated rings. The van der Waals surface area contributed by atoms with Crippen molar-refractivity contribution < 1.29 is 9.59 Å². The Morgan fingerprint density at radius 1 is 0.786 bits per heavy atom. The summed E-state index contributed by atoms with van der Waals surface area (Å²) in [6.07, 6.45) is 0. The molecule has 28 heavy (non-hydrogen) atoms. The van der Waals surface area contributed by atoms with E-state index in [4.69, 9.17) is 11.6 Å². The molecule has 2 nitrogen and oxygen atoms in total. The molecule has 0 heterocycles. The second-order valence-corrected chi connectivity index (χ2v) is 9.76. The van der Waals surface area contributed by atoms with Crippen LogP contribution in [-0.4, -0.2) is 16.4 Å². The first-order valence-corrected chi connectivity index (χ1v) is 11.5. The summed E-state index contributed by atoms with van der Waals surface area (Å²) in [5.74, 6) is -0.939. The molecule has 0 saturated carbocycles. The quantitative estimate of drug-likeness (QED) is 0.162. The van der Waals surface area contributed by atoms with E-state index in [1.165, 1.54) is 0 Å². The third-order valence-electron chi connectivity index (χ3n) is 4.31. The number of ketones is 2. The van der Waals surface area contributed by atoms with E-state index >= 15 is 0 Å². The molecule has 3 aromatic rings. The second-order valence-electron chi connectivity index (χ2n) is 6.17. The van der Waals surface area contributed by atoms with Gasteiger partial charge in [-0.2, -0.15) is 0 Å². The Morgan fingerprint density at radius 3 is 1.86 bits per heavy atom. The minimum Gasteiger partial charge on any atom is -0.293 e. The molecule has 142 valence electrons. The lowest BCUT2D eigenvalue weighted by molar-refractivity contribution is 0.0902. The predicted octanol–water partition coefficient (Wildman–Crippen LogP) is 7.32. The molecule has 0 bridgehead atoms. The largest absolute Gasteiger partial charge is 0.293 e. The van der Waals surface area contributed by atoms with Crippen LogP contribution in [-0.2, 0) is 0 Å². The number of rotatable bonds is 6. The van der Waals surface area contributed by atoms with Gasteiger partial charge in [0.15, 0.2) is 11.6 Å². The zero-order chi connectivity index (χ0) is 20.3. The van der Waals surface area contributed by atoms with Gasteiger partial charge in [-0.15, -0.1) is 0 Å². The van der Waals surface area contributed by atoms with Crippen LogP contribution in [0.4, 0.5) is 0 Å². The van der Waals surface area contributed by atoms with E-state index in [1.807, 2.05) is 24.3 Å². The van der Waals surface area contributed by atoms with Crippen LogP contribution in [0.3, 0.4) is 0 Å². The summed E-state index contributed by atoms with van der Waals surface area (Å²) < 4.78 is 1.93. The first-order valence-electron chi connectivity index (χ1n) is 8.36. The fourth-order valence-electron chi connectivity index (χ4n) is 2.84. The Hall–Kier alpha value is -1.02. The molecule has 6 heteroatoms. The van der Waals surface area contributed by atoms with Crippen molar-refractivity contribution in [1.82, 2.24) is 0 Å². The molecule has 0 aliphatic carbocycles. The Morgan fingerprint density at radius 2 is 1.29 bits per heavy atom. The molecular formula is C22H14Br2ClIO2. The Labute approximate surface area is 199 Å². The maximum atomic E-state index is 13.3. The number of carbonyl (C=O) groups is 2. The molecule has 2 unspecified atom stereocenters. The van der Waals surface area contributed by atoms with Crippen molar-refractivity contribution in [1.29, 1.82) is 0 Å². The summed E-state index contributed by atoms with van der Waals surface area (Å²) in [6.45, 7) is 0. The molecule has 0 spiro atoms. The van der Waals surface area contributed by atoms with Crippen molar-refractivity contribution in [3.8, 4) is 0 Å². The standard InChI is InChI=1S/C22H14Br2ClIO2/c23-16-7-1-15(2-8-16)22(28)20(24)19(13-3-9-17(25)10-4-13)21(27)14-5-11-18(26)12-6-14/h1-12,19-20H. The van der Waals surface area contributed by atoms with Gasteiger partial charge in [0.05, 0.1) is 10.7 Å². The molecule has 3 aromatic carbocycles. The summed E-state index contributed by atoms with van der Waals surface area (Å²) >= 11 is 15.1. The van der Waals surface area contributed by atoms with Gasteiger partial charge in [-0.25, -0.2) is 0 Å². The number of carbonyl (C=O) groups excluding carboxylic acids is 2. The van der Waals surface area contributed by atoms with Crippen LogP contribution in [0.1, 0.15) is 32.2 Å². The van der Waals surface area contributed by atoms with Crippen LogP contribution >= 0.6 is 66.1 Å². The molecule has 3 rings (SSSR count). The van der Waals surface area contributed by atoms with Gasteiger partial charge in [-0.3, -0.25) is 9.59 Å². The highest BCUT2D eigenvalue weighted by Gasteiger charge is 2.34. The van der Waals surface area contributed by atoms with Crippen molar-refractivity contribution in [2.45, 2.75) is 10.7 Å². The lowest BCUT2D eigenvalue weighted by atomic mass is 9.85. The van der Waals surface area contributed by atoms with Gasteiger partial charge >= 0.3 is 0 Å². The van der Waals surface area contributed by atoms with Crippen LogP contribution < -0.4 is 0 Å². The smallest absolute Gasteiger partial charge is 0.177 e. The molecule has 0 saturated heterocycles. The van der Waals surface area contributed by atoms with Gasteiger partial charge in [0, 0.05) is 24.2 Å². The molecule has 0 radical (unpaired) electrons. The van der Waals surface area contributed by atoms with E-state index in [-0.39, 0.29) is 11.6 Å². The van der Waals surface area contributed by atoms with Crippen molar-refractivity contribution >= 4 is 77.6 Å². The van der Waals surface area contributed by atoms with E-state index in [0.29, 0.717) is 16.1 Å². The van der Waals surface area contributed by atoms with Gasteiger partial charge in [0.25, 0.3) is 0 Å². The fraction of sp³-hybridized carbons (Fsp3) is 0.0909. The lowest BCUT2D eigenvalue weighted by Crippen LogP contribution is -2.29. The Balaban J connectivity index is 2.00. The summed E-state index contributed by atoms with van der Waals surface area (Å²) in [7, 11) is 0. The number of hydrogen-bond donors (Lipinski definition) is 0. The van der Waals surface area contributed by atoms with Crippen molar-refractivity contribution in [2.24, 2.45) is 0 Å². The highest BCUT2D eigenvalue weighted by atomic mass is 127. The van der Waals surface area contributed by atoms with E-state index in [1.54, 1.807) is 48.5 Å². The van der Waals surface area contributed by atoms with Gasteiger partial charge in [-0.05, 0) is 64.6 Å². The highest BCUT2D eigenvalue weighted by Crippen LogP contribution is 2.32. The zero-order valence-electron chi connectivity index (χ0n) is 14.4. The van der Waals surface area contributed by atoms with Crippen LogP contribution in [0.2, 0.25) is 5.02 Å². The Bertz CT molecular complexity index is 987. The highest BCUT2D eigenvalue weighted by molar-refractivity contribution is 14.1. The monoisotopic (exact) mass is 630 g/mol. The summed E-state index contributed by atoms with van der Waals surface area (Å²) in [5, 5.41) is 0.578. The molecule has 0 N–H and O–H groups in total. The average Bonchev–Trinajstić information content (AvgIpc) is 2.70. The van der Waals surface area contributed by atoms with E-state index < -0.39 is 10.7 Å². The summed E-state index contributed by atoms with van der Waals surface area (Å²) in [4.78, 5) is 25.7. The minimum absolute atomic E-state index is 0.119. The number of halogens is 4. The SMILES string of the molecule is O=C(c1ccc(Br)cc1)C(Br)C(C(=O)c1ccc(I)cc1)c1ccc(Cl)cc1. The predicted molar refractivity (Wildman–Crippen MR) is 129 cm³/mol. The summed E-state index contributed by atoms with van der Waals surface area (Å²) in [6, 6.07) is 21.5. The number of hydrogen-bond acceptors (Lipinski definition) is 2. The van der Waals surface area contributed by atoms with Crippen molar-refractivity contribution in [3.05, 3.63) is 103 Å². The Kier molecular flexibility index (Phi) is 7.48. The number of alkyl halides is 1. The van der Waals surface area contributed by atoms with E-state index in [0.717, 1.165) is 13.6 Å². The van der Waals surface area contributed by atoms with Crippen LogP contribution in [0.5, 0.6) is 0 Å². The van der Waals surface area contributed by atoms with Crippen molar-refractivity contribution in [2.75, 3.05) is 0 Å². The normalized spacial score (nSPS) is 13.0. The second kappa shape index (κ2) is 9.65. The van der Waals surface area contributed by atoms with Gasteiger partial charge in [0.1, 0.15) is 0 Å². The first-order chi connectivity index (χ1) is 13.4. The molecule has 2 atom stereocenters. The van der Waals surface area contributed by atoms with Gasteiger partial charge < -0.3 is 0 Å².